The molecule has 0 aliphatic rings. The number of nitrogens with zero attached hydrogens (tertiary/aromatic N) is 3. The van der Waals surface area contributed by atoms with Crippen LogP contribution in [0.15, 0.2) is 97.6 Å². The van der Waals surface area contributed by atoms with Crippen molar-refractivity contribution in [1.82, 2.24) is 15.0 Å². The monoisotopic (exact) mass is 483 g/mol. The van der Waals surface area contributed by atoms with Gasteiger partial charge >= 0.3 is 0 Å². The lowest BCUT2D eigenvalue weighted by atomic mass is 9.97. The molecule has 0 fully saturated rings. The van der Waals surface area contributed by atoms with E-state index >= 15 is 0 Å². The number of hydrogen-bond acceptors (Lipinski definition) is 3. The molecule has 160 valence electrons. The van der Waals surface area contributed by atoms with Crippen LogP contribution >= 0.6 is 15.9 Å². The second-order valence-electron chi connectivity index (χ2n) is 8.16. The first-order valence-corrected chi connectivity index (χ1v) is 11.8. The zero-order valence-corrected chi connectivity index (χ0v) is 19.9. The van der Waals surface area contributed by atoms with Crippen LogP contribution in [-0.4, -0.2) is 15.0 Å². The fourth-order valence-corrected chi connectivity index (χ4v) is 4.87. The molecule has 3 nitrogen and oxygen atoms in total. The predicted octanol–water partition coefficient (Wildman–Crippen LogP) is 8.01. The SMILES string of the molecule is CC(C)CC(Br)c1ccnc2ccc(-c3ccncc3)cc12.c1ccc2ncccc2c1. The van der Waals surface area contributed by atoms with E-state index in [0.717, 1.165) is 17.5 Å². The Balaban J connectivity index is 0.000000203. The maximum Gasteiger partial charge on any atom is 0.0705 e. The first-order chi connectivity index (χ1) is 15.6. The number of aromatic nitrogens is 3. The van der Waals surface area contributed by atoms with Gasteiger partial charge in [-0.05, 0) is 71.5 Å². The third-order valence-electron chi connectivity index (χ3n) is 5.32. The molecular formula is C28H26BrN3. The van der Waals surface area contributed by atoms with Gasteiger partial charge in [0.15, 0.2) is 0 Å². The molecule has 0 radical (unpaired) electrons. The van der Waals surface area contributed by atoms with Crippen LogP contribution < -0.4 is 0 Å². The molecule has 5 rings (SSSR count). The zero-order chi connectivity index (χ0) is 22.3. The minimum Gasteiger partial charge on any atom is -0.265 e. The summed E-state index contributed by atoms with van der Waals surface area (Å²) >= 11 is 3.85. The van der Waals surface area contributed by atoms with Gasteiger partial charge in [0.1, 0.15) is 0 Å². The number of para-hydroxylation sites is 1. The van der Waals surface area contributed by atoms with Gasteiger partial charge in [-0.25, -0.2) is 0 Å². The average molecular weight is 484 g/mol. The summed E-state index contributed by atoms with van der Waals surface area (Å²) in [5.41, 5.74) is 5.80. The molecule has 0 spiro atoms. The summed E-state index contributed by atoms with van der Waals surface area (Å²) in [5.74, 6) is 0.649. The number of rotatable bonds is 4. The van der Waals surface area contributed by atoms with Gasteiger partial charge in [-0.3, -0.25) is 15.0 Å². The highest BCUT2D eigenvalue weighted by Crippen LogP contribution is 2.35. The molecule has 0 aliphatic carbocycles. The molecule has 32 heavy (non-hydrogen) atoms. The number of halogens is 1. The van der Waals surface area contributed by atoms with E-state index in [2.05, 4.69) is 81.1 Å². The molecule has 2 aromatic carbocycles. The summed E-state index contributed by atoms with van der Waals surface area (Å²) in [6.07, 6.45) is 8.48. The largest absolute Gasteiger partial charge is 0.265 e. The van der Waals surface area contributed by atoms with Gasteiger partial charge in [0.05, 0.1) is 11.0 Å². The minimum absolute atomic E-state index is 0.352. The van der Waals surface area contributed by atoms with Gasteiger partial charge in [0.2, 0.25) is 0 Å². The summed E-state index contributed by atoms with van der Waals surface area (Å²) in [4.78, 5) is 13.1. The highest BCUT2D eigenvalue weighted by Gasteiger charge is 2.14. The van der Waals surface area contributed by atoms with E-state index in [4.69, 9.17) is 0 Å². The molecule has 4 heteroatoms. The zero-order valence-electron chi connectivity index (χ0n) is 18.3. The normalized spacial score (nSPS) is 11.9. The molecular weight excluding hydrogens is 458 g/mol. The molecule has 1 unspecified atom stereocenters. The van der Waals surface area contributed by atoms with E-state index in [1.165, 1.54) is 27.5 Å². The van der Waals surface area contributed by atoms with Gasteiger partial charge in [0, 0.05) is 40.4 Å². The second-order valence-corrected chi connectivity index (χ2v) is 9.27. The summed E-state index contributed by atoms with van der Waals surface area (Å²) in [7, 11) is 0. The first kappa shape index (κ1) is 22.1. The summed E-state index contributed by atoms with van der Waals surface area (Å²) < 4.78 is 0. The molecule has 3 aromatic heterocycles. The highest BCUT2D eigenvalue weighted by molar-refractivity contribution is 9.09. The number of pyridine rings is 3. The van der Waals surface area contributed by atoms with E-state index in [-0.39, 0.29) is 0 Å². The Hall–Kier alpha value is -3.11. The molecule has 0 amide bonds. The minimum atomic E-state index is 0.352. The van der Waals surface area contributed by atoms with Gasteiger partial charge < -0.3 is 0 Å². The Bertz CT molecular complexity index is 1240. The van der Waals surface area contributed by atoms with Crippen LogP contribution in [0.3, 0.4) is 0 Å². The number of fused-ring (bicyclic) bond motifs is 2. The van der Waals surface area contributed by atoms with Crippen molar-refractivity contribution in [3.63, 3.8) is 0 Å². The van der Waals surface area contributed by atoms with Crippen LogP contribution in [0.2, 0.25) is 0 Å². The quantitative estimate of drug-likeness (QED) is 0.243. The van der Waals surface area contributed by atoms with Gasteiger partial charge in [-0.2, -0.15) is 0 Å². The molecule has 1 atom stereocenters. The van der Waals surface area contributed by atoms with Crippen LogP contribution in [0.25, 0.3) is 32.9 Å². The van der Waals surface area contributed by atoms with Gasteiger partial charge in [-0.1, -0.05) is 60.1 Å². The molecule has 0 bridgehead atoms. The van der Waals surface area contributed by atoms with Crippen molar-refractivity contribution in [3.05, 3.63) is 103 Å². The van der Waals surface area contributed by atoms with E-state index in [1.54, 1.807) is 0 Å². The van der Waals surface area contributed by atoms with Crippen molar-refractivity contribution in [1.29, 1.82) is 0 Å². The molecule has 3 heterocycles. The Morgan fingerprint density at radius 2 is 1.47 bits per heavy atom. The third-order valence-corrected chi connectivity index (χ3v) is 6.18. The maximum atomic E-state index is 4.51. The fourth-order valence-electron chi connectivity index (χ4n) is 3.72. The van der Waals surface area contributed by atoms with E-state index in [1.807, 2.05) is 61.2 Å². The van der Waals surface area contributed by atoms with Crippen LogP contribution in [0.1, 0.15) is 30.7 Å². The number of benzene rings is 2. The Labute approximate surface area is 197 Å². The molecule has 0 saturated carbocycles. The summed E-state index contributed by atoms with van der Waals surface area (Å²) in [6, 6.07) is 24.8. The van der Waals surface area contributed by atoms with E-state index in [9.17, 15) is 0 Å². The lowest BCUT2D eigenvalue weighted by Crippen LogP contribution is -1.98. The smallest absolute Gasteiger partial charge is 0.0705 e. The Morgan fingerprint density at radius 3 is 2.25 bits per heavy atom. The van der Waals surface area contributed by atoms with Crippen LogP contribution in [0.5, 0.6) is 0 Å². The summed E-state index contributed by atoms with van der Waals surface area (Å²) in [5, 5.41) is 2.42. The molecule has 5 aromatic rings. The first-order valence-electron chi connectivity index (χ1n) is 10.8. The highest BCUT2D eigenvalue weighted by atomic mass is 79.9. The van der Waals surface area contributed by atoms with Crippen molar-refractivity contribution in [2.45, 2.75) is 25.1 Å². The third kappa shape index (κ3) is 5.38. The van der Waals surface area contributed by atoms with Crippen LogP contribution in [0.4, 0.5) is 0 Å². The lowest BCUT2D eigenvalue weighted by molar-refractivity contribution is 0.585. The van der Waals surface area contributed by atoms with Crippen molar-refractivity contribution < 1.29 is 0 Å². The number of hydrogen-bond donors (Lipinski definition) is 0. The topological polar surface area (TPSA) is 38.7 Å². The van der Waals surface area contributed by atoms with Crippen molar-refractivity contribution >= 4 is 37.7 Å². The van der Waals surface area contributed by atoms with Gasteiger partial charge in [0.25, 0.3) is 0 Å². The lowest BCUT2D eigenvalue weighted by Gasteiger charge is -2.15. The molecule has 0 aliphatic heterocycles. The van der Waals surface area contributed by atoms with Crippen molar-refractivity contribution in [2.24, 2.45) is 5.92 Å². The Morgan fingerprint density at radius 1 is 0.719 bits per heavy atom. The fraction of sp³-hybridized carbons (Fsp3) is 0.179. The number of alkyl halides is 1. The van der Waals surface area contributed by atoms with E-state index < -0.39 is 0 Å². The Kier molecular flexibility index (Phi) is 7.23. The van der Waals surface area contributed by atoms with Crippen molar-refractivity contribution in [3.8, 4) is 11.1 Å². The molecule has 0 saturated heterocycles. The van der Waals surface area contributed by atoms with Crippen LogP contribution in [0, 0.1) is 5.92 Å². The second kappa shape index (κ2) is 10.5. The average Bonchev–Trinajstić information content (AvgIpc) is 2.84. The van der Waals surface area contributed by atoms with E-state index in [0.29, 0.717) is 10.7 Å². The molecule has 0 N–H and O–H groups in total. The van der Waals surface area contributed by atoms with Gasteiger partial charge in [-0.15, -0.1) is 0 Å². The van der Waals surface area contributed by atoms with Crippen molar-refractivity contribution in [2.75, 3.05) is 0 Å². The summed E-state index contributed by atoms with van der Waals surface area (Å²) in [6.45, 7) is 4.50. The standard InChI is InChI=1S/C19H19BrN2.C9H7N/c1-13(2)11-18(20)16-7-10-22-19-4-3-15(12-17(16)19)14-5-8-21-9-6-14;1-2-6-9-8(4-1)5-3-7-10-9/h3-10,12-13,18H,11H2,1-2H3;1-7H. The van der Waals surface area contributed by atoms with Crippen LogP contribution in [-0.2, 0) is 0 Å². The maximum absolute atomic E-state index is 4.51. The predicted molar refractivity (Wildman–Crippen MR) is 138 cm³/mol.